The topological polar surface area (TPSA) is 112 Å². The van der Waals surface area contributed by atoms with Crippen LogP contribution in [0, 0.1) is 19.8 Å². The molecule has 0 aliphatic heterocycles. The van der Waals surface area contributed by atoms with Crippen LogP contribution >= 0.6 is 11.8 Å². The second kappa shape index (κ2) is 14.8. The van der Waals surface area contributed by atoms with Gasteiger partial charge in [0.2, 0.25) is 0 Å². The maximum Gasteiger partial charge on any atom is 0.573 e. The van der Waals surface area contributed by atoms with Gasteiger partial charge in [-0.05, 0) is 78.7 Å². The summed E-state index contributed by atoms with van der Waals surface area (Å²) in [4.78, 5) is 21.0. The van der Waals surface area contributed by atoms with E-state index in [0.29, 0.717) is 16.7 Å². The van der Waals surface area contributed by atoms with Crippen molar-refractivity contribution in [2.75, 3.05) is 13.0 Å². The van der Waals surface area contributed by atoms with Gasteiger partial charge in [0.15, 0.2) is 11.0 Å². The van der Waals surface area contributed by atoms with Gasteiger partial charge >= 0.3 is 12.3 Å². The Labute approximate surface area is 262 Å². The third-order valence-corrected chi connectivity index (χ3v) is 6.84. The standard InChI is InChI=1S/C31H31F3N6O4S/c1-19(2)29(41)43-18-45-30(37-27-20(3)14-26(42-5)15-21(27)4)38-36-16-22-6-8-23(9-7-22)28-35-17-40(39-28)24-10-12-25(13-11-24)44-31(32,33)34/h6-17,19H,18H2,1-5H3,(H,37,38)/b36-16+. The van der Waals surface area contributed by atoms with Crippen molar-refractivity contribution in [3.63, 3.8) is 0 Å². The van der Waals surface area contributed by atoms with Gasteiger partial charge in [-0.3, -0.25) is 10.2 Å². The minimum Gasteiger partial charge on any atom is -0.497 e. The maximum absolute atomic E-state index is 12.4. The molecule has 236 valence electrons. The Hall–Kier alpha value is -4.85. The highest BCUT2D eigenvalue weighted by Crippen LogP contribution is 2.30. The monoisotopic (exact) mass is 640 g/mol. The molecule has 0 aliphatic rings. The van der Waals surface area contributed by atoms with Gasteiger partial charge in [0, 0.05) is 5.56 Å². The summed E-state index contributed by atoms with van der Waals surface area (Å²) in [5, 5.41) is 9.19. The molecule has 0 bridgehead atoms. The molecule has 0 saturated carbocycles. The lowest BCUT2D eigenvalue weighted by atomic mass is 10.1. The number of halogens is 3. The van der Waals surface area contributed by atoms with E-state index in [4.69, 9.17) is 14.5 Å². The Balaban J connectivity index is 1.44. The van der Waals surface area contributed by atoms with Gasteiger partial charge in [-0.2, -0.15) is 5.10 Å². The largest absolute Gasteiger partial charge is 0.573 e. The number of alkyl halides is 3. The smallest absolute Gasteiger partial charge is 0.497 e. The van der Waals surface area contributed by atoms with Crippen LogP contribution in [0.1, 0.15) is 30.5 Å². The fourth-order valence-electron chi connectivity index (χ4n) is 3.91. The zero-order chi connectivity index (χ0) is 32.6. The number of hydrogen-bond donors (Lipinski definition) is 1. The minimum absolute atomic E-state index is 0.0619. The van der Waals surface area contributed by atoms with Crippen molar-refractivity contribution in [1.82, 2.24) is 20.2 Å². The van der Waals surface area contributed by atoms with E-state index in [0.717, 1.165) is 33.7 Å². The molecule has 0 amide bonds. The van der Waals surface area contributed by atoms with E-state index < -0.39 is 6.36 Å². The number of methoxy groups -OCH3 is 1. The average molecular weight is 641 g/mol. The number of hydrazone groups is 1. The van der Waals surface area contributed by atoms with Crippen molar-refractivity contribution in [3.05, 3.63) is 83.7 Å². The Morgan fingerprint density at radius 3 is 2.31 bits per heavy atom. The van der Waals surface area contributed by atoms with Crippen LogP contribution in [-0.4, -0.2) is 51.5 Å². The highest BCUT2D eigenvalue weighted by atomic mass is 32.2. The van der Waals surface area contributed by atoms with Gasteiger partial charge in [0.25, 0.3) is 0 Å². The summed E-state index contributed by atoms with van der Waals surface area (Å²) in [6.45, 7) is 7.39. The lowest BCUT2D eigenvalue weighted by molar-refractivity contribution is -0.274. The summed E-state index contributed by atoms with van der Waals surface area (Å²) in [6, 6.07) is 16.4. The molecular weight excluding hydrogens is 609 g/mol. The first-order chi connectivity index (χ1) is 21.4. The quantitative estimate of drug-likeness (QED) is 0.0651. The molecule has 0 aliphatic carbocycles. The number of amidine groups is 1. The molecular formula is C31H31F3N6O4S. The van der Waals surface area contributed by atoms with Crippen LogP contribution in [0.15, 0.2) is 77.1 Å². The summed E-state index contributed by atoms with van der Waals surface area (Å²) >= 11 is 1.20. The minimum atomic E-state index is -4.76. The molecule has 4 aromatic rings. The molecule has 1 heterocycles. The van der Waals surface area contributed by atoms with Gasteiger partial charge < -0.3 is 14.2 Å². The number of aromatic nitrogens is 3. The Bertz CT molecular complexity index is 1650. The van der Waals surface area contributed by atoms with E-state index in [9.17, 15) is 18.0 Å². The van der Waals surface area contributed by atoms with Crippen LogP contribution in [0.5, 0.6) is 11.5 Å². The van der Waals surface area contributed by atoms with Gasteiger partial charge in [-0.25, -0.2) is 14.7 Å². The number of aryl methyl sites for hydroxylation is 2. The van der Waals surface area contributed by atoms with Crippen molar-refractivity contribution in [2.24, 2.45) is 16.0 Å². The van der Waals surface area contributed by atoms with Gasteiger partial charge in [-0.15, -0.1) is 18.3 Å². The molecule has 14 heteroatoms. The Morgan fingerprint density at radius 2 is 1.71 bits per heavy atom. The maximum atomic E-state index is 12.4. The lowest BCUT2D eigenvalue weighted by Crippen LogP contribution is -2.17. The molecule has 0 radical (unpaired) electrons. The molecule has 45 heavy (non-hydrogen) atoms. The number of ether oxygens (including phenoxy) is 3. The first-order valence-electron chi connectivity index (χ1n) is 13.6. The van der Waals surface area contributed by atoms with Gasteiger partial charge in [0.05, 0.1) is 30.6 Å². The zero-order valence-corrected chi connectivity index (χ0v) is 25.9. The molecule has 3 aromatic carbocycles. The predicted molar refractivity (Wildman–Crippen MR) is 167 cm³/mol. The molecule has 0 fully saturated rings. The van der Waals surface area contributed by atoms with Crippen molar-refractivity contribution in [3.8, 4) is 28.6 Å². The summed E-state index contributed by atoms with van der Waals surface area (Å²) in [5.74, 6) is 0.342. The molecule has 10 nitrogen and oxygen atoms in total. The van der Waals surface area contributed by atoms with Gasteiger partial charge in [0.1, 0.15) is 23.8 Å². The number of carbonyl (C=O) groups is 1. The van der Waals surface area contributed by atoms with E-state index in [1.807, 2.05) is 50.2 Å². The second-order valence-corrected chi connectivity index (χ2v) is 10.9. The van der Waals surface area contributed by atoms with Crippen molar-refractivity contribution < 1.29 is 32.2 Å². The SMILES string of the molecule is COc1cc(C)c(/N=C(/N/N=C/c2ccc(-c3ncn(-c4ccc(OC(F)(F)F)cc4)n3)cc2)SCOC(=O)C(C)C)c(C)c1. The van der Waals surface area contributed by atoms with E-state index in [1.54, 1.807) is 27.2 Å². The molecule has 1 N–H and O–H groups in total. The Kier molecular flexibility index (Phi) is 10.8. The first-order valence-corrected chi connectivity index (χ1v) is 14.6. The first kappa shape index (κ1) is 33.1. The highest BCUT2D eigenvalue weighted by molar-refractivity contribution is 8.13. The summed E-state index contributed by atoms with van der Waals surface area (Å²) in [5.41, 5.74) is 7.54. The second-order valence-electron chi connectivity index (χ2n) is 9.95. The van der Waals surface area contributed by atoms with Crippen molar-refractivity contribution in [1.29, 1.82) is 0 Å². The molecule has 0 unspecified atom stereocenters. The number of rotatable bonds is 10. The van der Waals surface area contributed by atoms with E-state index in [-0.39, 0.29) is 23.6 Å². The fourth-order valence-corrected chi connectivity index (χ4v) is 4.47. The van der Waals surface area contributed by atoms with Gasteiger partial charge in [-0.1, -0.05) is 38.1 Å². The van der Waals surface area contributed by atoms with Crippen LogP contribution in [-0.2, 0) is 9.53 Å². The van der Waals surface area contributed by atoms with E-state index in [2.05, 4.69) is 25.3 Å². The number of aliphatic imine (C=N–C) groups is 1. The Morgan fingerprint density at radius 1 is 1.04 bits per heavy atom. The zero-order valence-electron chi connectivity index (χ0n) is 25.1. The number of thioether (sulfide) groups is 1. The van der Waals surface area contributed by atoms with Crippen LogP contribution in [0.25, 0.3) is 17.1 Å². The number of benzene rings is 3. The summed E-state index contributed by atoms with van der Waals surface area (Å²) in [6.07, 6.45) is -1.68. The molecule has 4 rings (SSSR count). The summed E-state index contributed by atoms with van der Waals surface area (Å²) < 4.78 is 53.3. The van der Waals surface area contributed by atoms with Crippen molar-refractivity contribution >= 4 is 34.8 Å². The molecule has 0 atom stereocenters. The average Bonchev–Trinajstić information content (AvgIpc) is 3.48. The number of nitrogens with one attached hydrogen (secondary N) is 1. The number of nitrogens with zero attached hydrogens (tertiary/aromatic N) is 5. The number of carbonyl (C=O) groups excluding carboxylic acids is 1. The normalized spacial score (nSPS) is 12.1. The number of hydrogen-bond acceptors (Lipinski definition) is 9. The van der Waals surface area contributed by atoms with Crippen LogP contribution < -0.4 is 14.9 Å². The van der Waals surface area contributed by atoms with Crippen LogP contribution in [0.3, 0.4) is 0 Å². The third-order valence-electron chi connectivity index (χ3n) is 6.15. The fraction of sp³-hybridized carbons (Fsp3) is 0.258. The highest BCUT2D eigenvalue weighted by Gasteiger charge is 2.31. The van der Waals surface area contributed by atoms with Crippen LogP contribution in [0.2, 0.25) is 0 Å². The molecule has 0 saturated heterocycles. The van der Waals surface area contributed by atoms with E-state index in [1.165, 1.54) is 47.0 Å². The van der Waals surface area contributed by atoms with Crippen molar-refractivity contribution in [2.45, 2.75) is 34.1 Å². The van der Waals surface area contributed by atoms with Crippen LogP contribution in [0.4, 0.5) is 18.9 Å². The molecule has 1 aromatic heterocycles. The van der Waals surface area contributed by atoms with E-state index >= 15 is 0 Å². The lowest BCUT2D eigenvalue weighted by Gasteiger charge is -2.11. The summed E-state index contributed by atoms with van der Waals surface area (Å²) in [7, 11) is 1.61. The molecule has 0 spiro atoms. The predicted octanol–water partition coefficient (Wildman–Crippen LogP) is 6.96. The third kappa shape index (κ3) is 9.57. The number of esters is 1.